The van der Waals surface area contributed by atoms with Gasteiger partial charge in [0, 0.05) is 35.7 Å². The summed E-state index contributed by atoms with van der Waals surface area (Å²) in [5.41, 5.74) is 0. The van der Waals surface area contributed by atoms with Crippen LogP contribution in [0, 0.1) is 0 Å². The van der Waals surface area contributed by atoms with Gasteiger partial charge in [0.2, 0.25) is 10.0 Å². The average Bonchev–Trinajstić information content (AvgIpc) is 2.49. The van der Waals surface area contributed by atoms with Crippen LogP contribution < -0.4 is 14.8 Å². The zero-order valence-electron chi connectivity index (χ0n) is 12.9. The molecule has 1 saturated heterocycles. The number of sulfonamides is 1. The summed E-state index contributed by atoms with van der Waals surface area (Å²) in [6.45, 7) is 5.90. The van der Waals surface area contributed by atoms with Gasteiger partial charge in [0.15, 0.2) is 11.5 Å². The third-order valence-corrected chi connectivity index (χ3v) is 7.10. The molecular weight excluding hydrogens is 408 g/mol. The number of nitrogens with one attached hydrogen (secondary N) is 1. The fraction of sp³-hybridized carbons (Fsp3) is 0.571. The van der Waals surface area contributed by atoms with Crippen molar-refractivity contribution in [2.45, 2.75) is 30.8 Å². The molecule has 2 unspecified atom stereocenters. The standard InChI is InChI=1S/C14H19BrN2O4S.ClH/c1-9-10(2)17(4-3-16-9)22(18,19)14-8-13-12(7-11(14)15)20-5-6-21-13;/h7-10,16H,3-6H2,1-2H3;1H. The number of piperazine rings is 1. The maximum absolute atomic E-state index is 13.0. The summed E-state index contributed by atoms with van der Waals surface area (Å²) in [6.07, 6.45) is 0. The lowest BCUT2D eigenvalue weighted by atomic mass is 10.1. The molecule has 0 radical (unpaired) electrons. The fourth-order valence-electron chi connectivity index (χ4n) is 2.73. The summed E-state index contributed by atoms with van der Waals surface area (Å²) in [5.74, 6) is 1.04. The highest BCUT2D eigenvalue weighted by molar-refractivity contribution is 9.10. The Morgan fingerprint density at radius 1 is 1.22 bits per heavy atom. The summed E-state index contributed by atoms with van der Waals surface area (Å²) in [4.78, 5) is 0.220. The van der Waals surface area contributed by atoms with E-state index in [0.29, 0.717) is 42.3 Å². The van der Waals surface area contributed by atoms with Gasteiger partial charge in [-0.05, 0) is 35.8 Å². The van der Waals surface area contributed by atoms with Crippen molar-refractivity contribution >= 4 is 38.4 Å². The molecule has 2 aliphatic rings. The van der Waals surface area contributed by atoms with Crippen LogP contribution in [0.15, 0.2) is 21.5 Å². The molecule has 0 saturated carbocycles. The molecule has 3 rings (SSSR count). The predicted molar refractivity (Wildman–Crippen MR) is 93.2 cm³/mol. The van der Waals surface area contributed by atoms with Gasteiger partial charge in [-0.1, -0.05) is 0 Å². The van der Waals surface area contributed by atoms with Crippen molar-refractivity contribution in [2.24, 2.45) is 0 Å². The lowest BCUT2D eigenvalue weighted by Gasteiger charge is -2.37. The van der Waals surface area contributed by atoms with E-state index >= 15 is 0 Å². The Bertz CT molecular complexity index is 686. The van der Waals surface area contributed by atoms with Crippen LogP contribution >= 0.6 is 28.3 Å². The monoisotopic (exact) mass is 426 g/mol. The van der Waals surface area contributed by atoms with Crippen LogP contribution in [-0.2, 0) is 10.0 Å². The number of fused-ring (bicyclic) bond motifs is 1. The molecule has 2 aliphatic heterocycles. The van der Waals surface area contributed by atoms with E-state index in [1.54, 1.807) is 16.4 Å². The summed E-state index contributed by atoms with van der Waals surface area (Å²) in [5, 5.41) is 3.29. The number of benzene rings is 1. The second kappa shape index (κ2) is 7.14. The second-order valence-corrected chi connectivity index (χ2v) is 8.24. The van der Waals surface area contributed by atoms with Crippen LogP contribution in [0.2, 0.25) is 0 Å². The Morgan fingerprint density at radius 3 is 2.48 bits per heavy atom. The van der Waals surface area contributed by atoms with Crippen molar-refractivity contribution in [3.8, 4) is 11.5 Å². The van der Waals surface area contributed by atoms with Crippen molar-refractivity contribution in [2.75, 3.05) is 26.3 Å². The maximum Gasteiger partial charge on any atom is 0.244 e. The molecular formula is C14H20BrClN2O4S. The zero-order valence-corrected chi connectivity index (χ0v) is 16.1. The Labute approximate surface area is 151 Å². The molecule has 1 aromatic rings. The number of ether oxygens (including phenoxy) is 2. The van der Waals surface area contributed by atoms with Crippen molar-refractivity contribution < 1.29 is 17.9 Å². The summed E-state index contributed by atoms with van der Waals surface area (Å²) in [7, 11) is -3.60. The van der Waals surface area contributed by atoms with Crippen LogP contribution in [0.1, 0.15) is 13.8 Å². The molecule has 0 bridgehead atoms. The van der Waals surface area contributed by atoms with Crippen molar-refractivity contribution in [1.29, 1.82) is 0 Å². The highest BCUT2D eigenvalue weighted by atomic mass is 79.9. The quantitative estimate of drug-likeness (QED) is 0.782. The summed E-state index contributed by atoms with van der Waals surface area (Å²) in [6, 6.07) is 3.21. The SMILES string of the molecule is CC1NCCN(S(=O)(=O)c2cc3c(cc2Br)OCCO3)C1C.Cl. The van der Waals surface area contributed by atoms with Gasteiger partial charge < -0.3 is 14.8 Å². The van der Waals surface area contributed by atoms with Gasteiger partial charge in [0.05, 0.1) is 0 Å². The topological polar surface area (TPSA) is 67.9 Å². The van der Waals surface area contributed by atoms with E-state index in [0.717, 1.165) is 0 Å². The van der Waals surface area contributed by atoms with E-state index in [1.807, 2.05) is 13.8 Å². The molecule has 130 valence electrons. The minimum Gasteiger partial charge on any atom is -0.486 e. The Balaban J connectivity index is 0.00000192. The zero-order chi connectivity index (χ0) is 15.9. The van der Waals surface area contributed by atoms with E-state index in [4.69, 9.17) is 9.47 Å². The number of halogens is 2. The lowest BCUT2D eigenvalue weighted by molar-refractivity contribution is 0.170. The van der Waals surface area contributed by atoms with Gasteiger partial charge in [-0.25, -0.2) is 8.42 Å². The van der Waals surface area contributed by atoms with Crippen LogP contribution in [0.5, 0.6) is 11.5 Å². The first-order chi connectivity index (χ1) is 10.4. The average molecular weight is 428 g/mol. The molecule has 0 spiro atoms. The lowest BCUT2D eigenvalue weighted by Crippen LogP contribution is -2.57. The summed E-state index contributed by atoms with van der Waals surface area (Å²) >= 11 is 3.36. The molecule has 2 heterocycles. The maximum atomic E-state index is 13.0. The third-order valence-electron chi connectivity index (χ3n) is 4.16. The summed E-state index contributed by atoms with van der Waals surface area (Å²) < 4.78 is 39.1. The van der Waals surface area contributed by atoms with Gasteiger partial charge in [-0.3, -0.25) is 0 Å². The van der Waals surface area contributed by atoms with Gasteiger partial charge in [-0.2, -0.15) is 4.31 Å². The molecule has 6 nitrogen and oxygen atoms in total. The van der Waals surface area contributed by atoms with E-state index in [1.165, 1.54) is 0 Å². The number of hydrogen-bond acceptors (Lipinski definition) is 5. The normalized spacial score (nSPS) is 24.8. The van der Waals surface area contributed by atoms with Crippen molar-refractivity contribution in [1.82, 2.24) is 9.62 Å². The smallest absolute Gasteiger partial charge is 0.244 e. The van der Waals surface area contributed by atoms with E-state index in [-0.39, 0.29) is 29.4 Å². The van der Waals surface area contributed by atoms with Gasteiger partial charge >= 0.3 is 0 Å². The highest BCUT2D eigenvalue weighted by Gasteiger charge is 2.36. The van der Waals surface area contributed by atoms with Crippen LogP contribution in [0.25, 0.3) is 0 Å². The molecule has 0 amide bonds. The van der Waals surface area contributed by atoms with Crippen LogP contribution in [-0.4, -0.2) is 51.1 Å². The first-order valence-corrected chi connectivity index (χ1v) is 9.49. The third kappa shape index (κ3) is 3.46. The fourth-order valence-corrected chi connectivity index (χ4v) is 5.44. The molecule has 1 aromatic carbocycles. The van der Waals surface area contributed by atoms with E-state index in [9.17, 15) is 8.42 Å². The number of rotatable bonds is 2. The first kappa shape index (κ1) is 18.8. The molecule has 9 heteroatoms. The Kier molecular flexibility index (Phi) is 5.84. The minimum atomic E-state index is -3.60. The minimum absolute atomic E-state index is 0. The van der Waals surface area contributed by atoms with Gasteiger partial charge in [-0.15, -0.1) is 12.4 Å². The number of nitrogens with zero attached hydrogens (tertiary/aromatic N) is 1. The molecule has 23 heavy (non-hydrogen) atoms. The molecule has 1 fully saturated rings. The molecule has 1 N–H and O–H groups in total. The van der Waals surface area contributed by atoms with Gasteiger partial charge in [0.25, 0.3) is 0 Å². The van der Waals surface area contributed by atoms with Crippen LogP contribution in [0.3, 0.4) is 0 Å². The van der Waals surface area contributed by atoms with Crippen molar-refractivity contribution in [3.05, 3.63) is 16.6 Å². The van der Waals surface area contributed by atoms with Crippen molar-refractivity contribution in [3.63, 3.8) is 0 Å². The van der Waals surface area contributed by atoms with Gasteiger partial charge in [0.1, 0.15) is 18.1 Å². The predicted octanol–water partition coefficient (Wildman–Crippen LogP) is 2.01. The molecule has 0 aromatic heterocycles. The first-order valence-electron chi connectivity index (χ1n) is 7.25. The molecule has 0 aliphatic carbocycles. The van der Waals surface area contributed by atoms with E-state index in [2.05, 4.69) is 21.2 Å². The molecule has 2 atom stereocenters. The number of hydrogen-bond donors (Lipinski definition) is 1. The highest BCUT2D eigenvalue weighted by Crippen LogP contribution is 2.39. The second-order valence-electron chi connectivity index (χ2n) is 5.53. The Morgan fingerprint density at radius 2 is 1.83 bits per heavy atom. The largest absolute Gasteiger partial charge is 0.486 e. The Hall–Kier alpha value is -0.540. The van der Waals surface area contributed by atoms with E-state index < -0.39 is 10.0 Å². The van der Waals surface area contributed by atoms with Crippen LogP contribution in [0.4, 0.5) is 0 Å².